The second kappa shape index (κ2) is 5.93. The predicted molar refractivity (Wildman–Crippen MR) is 58.3 cm³/mol. The molecule has 0 amide bonds. The molecule has 1 rings (SSSR count). The average Bonchev–Trinajstić information content (AvgIpc) is 2.16. The number of nitro benzene ring substituents is 1. The van der Waals surface area contributed by atoms with Gasteiger partial charge in [0.05, 0.1) is 11.0 Å². The zero-order valence-corrected chi connectivity index (χ0v) is 9.34. The number of rotatable bonds is 3. The summed E-state index contributed by atoms with van der Waals surface area (Å²) in [5.41, 5.74) is 4.70. The normalized spacial score (nSPS) is 12.1. The Morgan fingerprint density at radius 3 is 2.44 bits per heavy atom. The molecule has 0 unspecified atom stereocenters. The van der Waals surface area contributed by atoms with Gasteiger partial charge in [-0.05, 0) is 11.6 Å². The van der Waals surface area contributed by atoms with E-state index < -0.39 is 23.1 Å². The molecule has 0 radical (unpaired) electrons. The quantitative estimate of drug-likeness (QED) is 0.680. The van der Waals surface area contributed by atoms with Crippen LogP contribution in [0.3, 0.4) is 0 Å². The molecule has 1 aromatic carbocycles. The van der Waals surface area contributed by atoms with Crippen LogP contribution in [0.15, 0.2) is 18.2 Å². The molecule has 1 aromatic rings. The summed E-state index contributed by atoms with van der Waals surface area (Å²) in [6.45, 7) is 0. The Kier molecular flexibility index (Phi) is 5.57. The number of halogens is 4. The number of nitro groups is 1. The number of nitrogens with zero attached hydrogens (tertiary/aromatic N) is 1. The number of hydrogen-bond donors (Lipinski definition) is 1. The Morgan fingerprint density at radius 1 is 1.44 bits per heavy atom. The van der Waals surface area contributed by atoms with Crippen molar-refractivity contribution in [3.63, 3.8) is 0 Å². The summed E-state index contributed by atoms with van der Waals surface area (Å²) in [4.78, 5) is 9.71. The molecular formula is C8H8Cl2F2N2O2. The van der Waals surface area contributed by atoms with Gasteiger partial charge in [0.1, 0.15) is 5.02 Å². The van der Waals surface area contributed by atoms with E-state index in [2.05, 4.69) is 0 Å². The van der Waals surface area contributed by atoms with E-state index in [4.69, 9.17) is 17.3 Å². The van der Waals surface area contributed by atoms with Gasteiger partial charge in [-0.15, -0.1) is 12.4 Å². The Bertz CT molecular complexity index is 390. The lowest BCUT2D eigenvalue weighted by Gasteiger charge is -2.10. The van der Waals surface area contributed by atoms with Crippen LogP contribution in [-0.2, 0) is 0 Å². The maximum absolute atomic E-state index is 12.2. The van der Waals surface area contributed by atoms with Gasteiger partial charge in [0.15, 0.2) is 0 Å². The Hall–Kier alpha value is -0.980. The second-order valence-corrected chi connectivity index (χ2v) is 3.24. The molecule has 0 aliphatic heterocycles. The van der Waals surface area contributed by atoms with Gasteiger partial charge in [-0.2, -0.15) is 0 Å². The lowest BCUT2D eigenvalue weighted by Crippen LogP contribution is -2.18. The van der Waals surface area contributed by atoms with Crippen molar-refractivity contribution in [2.24, 2.45) is 5.73 Å². The van der Waals surface area contributed by atoms with Gasteiger partial charge in [0, 0.05) is 6.07 Å². The van der Waals surface area contributed by atoms with Gasteiger partial charge in [-0.25, -0.2) is 8.78 Å². The molecule has 0 heterocycles. The molecule has 1 atom stereocenters. The molecule has 16 heavy (non-hydrogen) atoms. The second-order valence-electron chi connectivity index (χ2n) is 2.83. The van der Waals surface area contributed by atoms with E-state index in [-0.39, 0.29) is 23.0 Å². The van der Waals surface area contributed by atoms with Gasteiger partial charge < -0.3 is 5.73 Å². The third kappa shape index (κ3) is 3.26. The maximum atomic E-state index is 12.2. The highest BCUT2D eigenvalue weighted by Gasteiger charge is 2.21. The number of alkyl halides is 2. The van der Waals surface area contributed by atoms with Gasteiger partial charge in [-0.1, -0.05) is 17.7 Å². The van der Waals surface area contributed by atoms with Crippen molar-refractivity contribution in [2.45, 2.75) is 12.5 Å². The van der Waals surface area contributed by atoms with Gasteiger partial charge in [0.2, 0.25) is 0 Å². The highest BCUT2D eigenvalue weighted by molar-refractivity contribution is 6.32. The lowest BCUT2D eigenvalue weighted by molar-refractivity contribution is -0.384. The first-order valence-corrected chi connectivity index (χ1v) is 4.29. The third-order valence-corrected chi connectivity index (χ3v) is 2.14. The van der Waals surface area contributed by atoms with Crippen LogP contribution in [0.25, 0.3) is 0 Å². The number of benzene rings is 1. The highest BCUT2D eigenvalue weighted by atomic mass is 35.5. The third-order valence-electron chi connectivity index (χ3n) is 1.82. The van der Waals surface area contributed by atoms with Crippen LogP contribution in [0.5, 0.6) is 0 Å². The van der Waals surface area contributed by atoms with Crippen molar-refractivity contribution in [1.82, 2.24) is 0 Å². The summed E-state index contributed by atoms with van der Waals surface area (Å²) >= 11 is 5.51. The van der Waals surface area contributed by atoms with Crippen molar-refractivity contribution in [3.05, 3.63) is 38.9 Å². The van der Waals surface area contributed by atoms with E-state index >= 15 is 0 Å². The fourth-order valence-electron chi connectivity index (χ4n) is 1.02. The van der Waals surface area contributed by atoms with Crippen LogP contribution in [0.4, 0.5) is 14.5 Å². The average molecular weight is 273 g/mol. The molecule has 0 saturated heterocycles. The summed E-state index contributed by atoms with van der Waals surface area (Å²) in [6.07, 6.45) is -2.77. The molecule has 0 saturated carbocycles. The van der Waals surface area contributed by atoms with Crippen LogP contribution in [0, 0.1) is 10.1 Å². The molecule has 8 heteroatoms. The van der Waals surface area contributed by atoms with Crippen molar-refractivity contribution in [2.75, 3.05) is 0 Å². The van der Waals surface area contributed by atoms with Gasteiger partial charge in [-0.3, -0.25) is 10.1 Å². The SMILES string of the molecule is Cl.N[C@H](c1ccc(Cl)c([N+](=O)[O-])c1)C(F)F. The molecule has 4 nitrogen and oxygen atoms in total. The molecule has 0 aliphatic carbocycles. The molecule has 0 aliphatic rings. The van der Waals surface area contributed by atoms with E-state index in [0.29, 0.717) is 0 Å². The van der Waals surface area contributed by atoms with Gasteiger partial charge in [0.25, 0.3) is 12.1 Å². The highest BCUT2D eigenvalue weighted by Crippen LogP contribution is 2.28. The zero-order chi connectivity index (χ0) is 11.6. The fraction of sp³-hybridized carbons (Fsp3) is 0.250. The summed E-state index contributed by atoms with van der Waals surface area (Å²) in [5, 5.41) is 10.4. The van der Waals surface area contributed by atoms with E-state index in [1.807, 2.05) is 0 Å². The predicted octanol–water partition coefficient (Wildman–Crippen LogP) is 2.93. The summed E-state index contributed by atoms with van der Waals surface area (Å²) in [7, 11) is 0. The van der Waals surface area contributed by atoms with E-state index in [1.54, 1.807) is 0 Å². The Balaban J connectivity index is 0.00000225. The van der Waals surface area contributed by atoms with Crippen LogP contribution < -0.4 is 5.73 Å². The smallest absolute Gasteiger partial charge is 0.288 e. The molecule has 0 aromatic heterocycles. The zero-order valence-electron chi connectivity index (χ0n) is 7.77. The van der Waals surface area contributed by atoms with Crippen LogP contribution in [0.2, 0.25) is 5.02 Å². The minimum absolute atomic E-state index is 0. The first kappa shape index (κ1) is 15.0. The van der Waals surface area contributed by atoms with Gasteiger partial charge >= 0.3 is 0 Å². The first-order valence-electron chi connectivity index (χ1n) is 3.91. The Labute approximate surface area is 101 Å². The van der Waals surface area contributed by atoms with E-state index in [9.17, 15) is 18.9 Å². The summed E-state index contributed by atoms with van der Waals surface area (Å²) in [5.74, 6) is 0. The molecule has 0 spiro atoms. The minimum atomic E-state index is -2.77. The molecule has 2 N–H and O–H groups in total. The molecular weight excluding hydrogens is 265 g/mol. The van der Waals surface area contributed by atoms with Crippen LogP contribution in [0.1, 0.15) is 11.6 Å². The maximum Gasteiger partial charge on any atom is 0.288 e. The van der Waals surface area contributed by atoms with Crippen molar-refractivity contribution >= 4 is 29.7 Å². The monoisotopic (exact) mass is 272 g/mol. The van der Waals surface area contributed by atoms with Crippen LogP contribution >= 0.6 is 24.0 Å². The summed E-state index contributed by atoms with van der Waals surface area (Å²) < 4.78 is 24.4. The van der Waals surface area contributed by atoms with Crippen LogP contribution in [-0.4, -0.2) is 11.3 Å². The van der Waals surface area contributed by atoms with Crippen molar-refractivity contribution in [1.29, 1.82) is 0 Å². The van der Waals surface area contributed by atoms with Crippen molar-refractivity contribution in [3.8, 4) is 0 Å². The van der Waals surface area contributed by atoms with Crippen molar-refractivity contribution < 1.29 is 13.7 Å². The molecule has 0 bridgehead atoms. The molecule has 90 valence electrons. The fourth-order valence-corrected chi connectivity index (χ4v) is 1.21. The van der Waals surface area contributed by atoms with E-state index in [1.165, 1.54) is 12.1 Å². The summed E-state index contributed by atoms with van der Waals surface area (Å²) in [6, 6.07) is 1.84. The Morgan fingerprint density at radius 2 is 2.00 bits per heavy atom. The molecule has 0 fully saturated rings. The van der Waals surface area contributed by atoms with E-state index in [0.717, 1.165) is 6.07 Å². The largest absolute Gasteiger partial charge is 0.319 e. The standard InChI is InChI=1S/C8H7ClF2N2O2.ClH/c9-5-2-1-4(7(12)8(10)11)3-6(5)13(14)15;/h1-3,7-8H,12H2;1H/t7-;/m1./s1. The minimum Gasteiger partial charge on any atom is -0.319 e. The topological polar surface area (TPSA) is 69.2 Å². The lowest BCUT2D eigenvalue weighted by atomic mass is 10.1. The first-order chi connectivity index (χ1) is 6.93. The number of nitrogens with two attached hydrogens (primary N) is 1. The number of hydrogen-bond acceptors (Lipinski definition) is 3.